The van der Waals surface area contributed by atoms with E-state index in [9.17, 15) is 19.1 Å². The highest BCUT2D eigenvalue weighted by molar-refractivity contribution is 5.79. The predicted molar refractivity (Wildman–Crippen MR) is 117 cm³/mol. The Labute approximate surface area is 186 Å². The van der Waals surface area contributed by atoms with Crippen LogP contribution in [0, 0.1) is 17.7 Å². The van der Waals surface area contributed by atoms with E-state index in [2.05, 4.69) is 9.97 Å². The molecule has 0 aromatic carbocycles. The van der Waals surface area contributed by atoms with Crippen LogP contribution in [-0.4, -0.2) is 75.7 Å². The number of pyridine rings is 2. The molecule has 0 saturated carbocycles. The first-order valence-corrected chi connectivity index (χ1v) is 10.5. The molecule has 0 aliphatic carbocycles. The monoisotopic (exact) mass is 447 g/mol. The number of ether oxygens (including phenoxy) is 1. The number of hydrogen-bond acceptors (Lipinski definition) is 6. The number of halogens is 1. The van der Waals surface area contributed by atoms with E-state index in [0.29, 0.717) is 48.5 Å². The summed E-state index contributed by atoms with van der Waals surface area (Å²) < 4.78 is 19.8. The zero-order chi connectivity index (χ0) is 23.6. The molecule has 2 aromatic heterocycles. The highest BCUT2D eigenvalue weighted by Gasteiger charge is 2.40. The number of carbonyl (C=O) groups is 2. The van der Waals surface area contributed by atoms with E-state index in [4.69, 9.17) is 10.5 Å². The van der Waals surface area contributed by atoms with E-state index in [1.165, 1.54) is 18.2 Å². The first-order valence-electron chi connectivity index (χ1n) is 10.5. The third kappa shape index (κ3) is 5.07. The molecule has 9 nitrogen and oxygen atoms in total. The average molecular weight is 448 g/mol. The van der Waals surface area contributed by atoms with Crippen LogP contribution in [0.25, 0.3) is 11.0 Å². The minimum atomic E-state index is -1.04. The third-order valence-corrected chi connectivity index (χ3v) is 5.97. The Morgan fingerprint density at radius 2 is 2.06 bits per heavy atom. The molecule has 3 N–H and O–H groups in total. The number of hydrogen-bond donors (Lipinski definition) is 2. The van der Waals surface area contributed by atoms with Gasteiger partial charge in [0.05, 0.1) is 30.3 Å². The molecule has 1 fully saturated rings. The molecule has 2 aromatic rings. The Morgan fingerprint density at radius 3 is 2.66 bits per heavy atom. The summed E-state index contributed by atoms with van der Waals surface area (Å²) in [5.74, 6) is -1.25. The van der Waals surface area contributed by atoms with Crippen molar-refractivity contribution in [2.75, 3.05) is 33.3 Å². The van der Waals surface area contributed by atoms with Crippen molar-refractivity contribution in [2.45, 2.75) is 32.7 Å². The van der Waals surface area contributed by atoms with Crippen molar-refractivity contribution in [1.82, 2.24) is 19.8 Å². The van der Waals surface area contributed by atoms with Crippen LogP contribution in [-0.2, 0) is 11.2 Å². The Hall–Kier alpha value is -3.01. The van der Waals surface area contributed by atoms with Crippen molar-refractivity contribution in [2.24, 2.45) is 17.6 Å². The van der Waals surface area contributed by atoms with Gasteiger partial charge in [-0.15, -0.1) is 0 Å². The zero-order valence-electron chi connectivity index (χ0n) is 18.8. The molecule has 1 aliphatic rings. The predicted octanol–water partition coefficient (Wildman–Crippen LogP) is 2.13. The van der Waals surface area contributed by atoms with Crippen molar-refractivity contribution in [3.63, 3.8) is 0 Å². The first-order chi connectivity index (χ1) is 15.0. The second-order valence-corrected chi connectivity index (χ2v) is 9.15. The van der Waals surface area contributed by atoms with E-state index in [0.717, 1.165) is 0 Å². The fourth-order valence-electron chi connectivity index (χ4n) is 4.22. The van der Waals surface area contributed by atoms with E-state index in [-0.39, 0.29) is 12.5 Å². The number of fused-ring (bicyclic) bond motifs is 1. The summed E-state index contributed by atoms with van der Waals surface area (Å²) in [6, 6.07) is 3.40. The number of nitrogens with two attached hydrogens (primary N) is 1. The van der Waals surface area contributed by atoms with Gasteiger partial charge in [-0.3, -0.25) is 9.78 Å². The zero-order valence-corrected chi connectivity index (χ0v) is 18.8. The van der Waals surface area contributed by atoms with Crippen LogP contribution in [0.3, 0.4) is 0 Å². The van der Waals surface area contributed by atoms with Gasteiger partial charge in [-0.05, 0) is 33.3 Å². The number of likely N-dealkylation sites (tertiary alicyclic amines) is 1. The molecular weight excluding hydrogens is 417 g/mol. The number of nitrogens with zero attached hydrogens (tertiary/aromatic N) is 4. The Balaban J connectivity index is 1.77. The van der Waals surface area contributed by atoms with Gasteiger partial charge in [0.15, 0.2) is 0 Å². The lowest BCUT2D eigenvalue weighted by Crippen LogP contribution is -2.49. The van der Waals surface area contributed by atoms with Crippen molar-refractivity contribution >= 4 is 23.0 Å². The molecule has 0 unspecified atom stereocenters. The number of rotatable bonds is 7. The lowest BCUT2D eigenvalue weighted by Gasteiger charge is -2.35. The molecule has 174 valence electrons. The fourth-order valence-corrected chi connectivity index (χ4v) is 4.22. The first kappa shape index (κ1) is 23.6. The quantitative estimate of drug-likeness (QED) is 0.667. The summed E-state index contributed by atoms with van der Waals surface area (Å²) >= 11 is 0. The summed E-state index contributed by atoms with van der Waals surface area (Å²) in [6.07, 6.45) is 0.494. The van der Waals surface area contributed by atoms with E-state index >= 15 is 0 Å². The van der Waals surface area contributed by atoms with Crippen LogP contribution in [0.15, 0.2) is 18.3 Å². The molecule has 3 rings (SSSR count). The normalized spacial score (nSPS) is 19.3. The molecule has 2 amide bonds. The largest absolute Gasteiger partial charge is 0.481 e. The Kier molecular flexibility index (Phi) is 6.82. The molecule has 10 heteroatoms. The SMILES string of the molecule is COc1ccc2ncc(F)c(CCN3C[C@@H](CN(C(=O)O)C(C)(C)C)[C@H](C(N)=O)C3)c2n1. The highest BCUT2D eigenvalue weighted by atomic mass is 19.1. The van der Waals surface area contributed by atoms with Gasteiger partial charge in [0, 0.05) is 49.3 Å². The molecule has 0 bridgehead atoms. The molecule has 0 spiro atoms. The number of methoxy groups -OCH3 is 1. The van der Waals surface area contributed by atoms with Gasteiger partial charge in [-0.1, -0.05) is 0 Å². The van der Waals surface area contributed by atoms with Crippen molar-refractivity contribution in [3.05, 3.63) is 29.7 Å². The minimum absolute atomic E-state index is 0.203. The maximum Gasteiger partial charge on any atom is 0.407 e. The molecule has 0 radical (unpaired) electrons. The molecule has 32 heavy (non-hydrogen) atoms. The topological polar surface area (TPSA) is 122 Å². The van der Waals surface area contributed by atoms with Gasteiger partial charge in [-0.2, -0.15) is 0 Å². The summed E-state index contributed by atoms with van der Waals surface area (Å²) in [5.41, 5.74) is 6.45. The van der Waals surface area contributed by atoms with Crippen LogP contribution in [0.4, 0.5) is 9.18 Å². The highest BCUT2D eigenvalue weighted by Crippen LogP contribution is 2.28. The van der Waals surface area contributed by atoms with E-state index in [1.807, 2.05) is 25.7 Å². The second kappa shape index (κ2) is 9.23. The van der Waals surface area contributed by atoms with Crippen LogP contribution in [0.2, 0.25) is 0 Å². The van der Waals surface area contributed by atoms with Crippen molar-refractivity contribution in [1.29, 1.82) is 0 Å². The average Bonchev–Trinajstić information content (AvgIpc) is 3.13. The van der Waals surface area contributed by atoms with Gasteiger partial charge in [0.2, 0.25) is 11.8 Å². The fraction of sp³-hybridized carbons (Fsp3) is 0.545. The van der Waals surface area contributed by atoms with Gasteiger partial charge < -0.3 is 25.4 Å². The van der Waals surface area contributed by atoms with Gasteiger partial charge in [0.1, 0.15) is 5.82 Å². The number of primary amides is 1. The smallest absolute Gasteiger partial charge is 0.407 e. The number of aromatic nitrogens is 2. The molecular formula is C22H30FN5O4. The summed E-state index contributed by atoms with van der Waals surface area (Å²) in [7, 11) is 1.49. The standard InChI is InChI=1S/C22H30FN5O4/c1-22(2,3)28(21(30)31)11-13-10-27(12-15(13)20(24)29)8-7-14-16(23)9-25-17-5-6-18(32-4)26-19(14)17/h5-6,9,13,15H,7-8,10-12H2,1-4H3,(H2,24,29)(H,30,31)/t13-,15+/m0/s1. The lowest BCUT2D eigenvalue weighted by molar-refractivity contribution is -0.122. The maximum atomic E-state index is 14.6. The summed E-state index contributed by atoms with van der Waals surface area (Å²) in [4.78, 5) is 35.6. The van der Waals surface area contributed by atoms with Crippen LogP contribution < -0.4 is 10.5 Å². The Morgan fingerprint density at radius 1 is 1.34 bits per heavy atom. The lowest BCUT2D eigenvalue weighted by atomic mass is 9.93. The van der Waals surface area contributed by atoms with Gasteiger partial charge >= 0.3 is 6.09 Å². The summed E-state index contributed by atoms with van der Waals surface area (Å²) in [5, 5.41) is 9.62. The number of carbonyl (C=O) groups excluding carboxylic acids is 1. The van der Waals surface area contributed by atoms with Crippen molar-refractivity contribution in [3.8, 4) is 5.88 Å². The minimum Gasteiger partial charge on any atom is -0.481 e. The second-order valence-electron chi connectivity index (χ2n) is 9.15. The number of amides is 2. The summed E-state index contributed by atoms with van der Waals surface area (Å²) in [6.45, 7) is 7.00. The molecule has 1 saturated heterocycles. The van der Waals surface area contributed by atoms with Crippen LogP contribution in [0.5, 0.6) is 5.88 Å². The molecule has 2 atom stereocenters. The maximum absolute atomic E-state index is 14.6. The van der Waals surface area contributed by atoms with Gasteiger partial charge in [0.25, 0.3) is 0 Å². The Bertz CT molecular complexity index is 1010. The third-order valence-electron chi connectivity index (χ3n) is 5.97. The van der Waals surface area contributed by atoms with E-state index < -0.39 is 29.3 Å². The number of carboxylic acid groups (broad SMARTS) is 1. The van der Waals surface area contributed by atoms with Crippen molar-refractivity contribution < 1.29 is 23.8 Å². The molecule has 3 heterocycles. The van der Waals surface area contributed by atoms with Gasteiger partial charge in [-0.25, -0.2) is 14.2 Å². The van der Waals surface area contributed by atoms with E-state index in [1.54, 1.807) is 12.1 Å². The molecule has 1 aliphatic heterocycles. The van der Waals surface area contributed by atoms with Crippen LogP contribution >= 0.6 is 0 Å². The van der Waals surface area contributed by atoms with Crippen LogP contribution in [0.1, 0.15) is 26.3 Å².